The third-order valence-electron chi connectivity index (χ3n) is 5.33. The summed E-state index contributed by atoms with van der Waals surface area (Å²) >= 11 is 0. The van der Waals surface area contributed by atoms with E-state index in [9.17, 15) is 4.39 Å². The zero-order chi connectivity index (χ0) is 13.3. The summed E-state index contributed by atoms with van der Waals surface area (Å²) in [7, 11) is 0. The fraction of sp³-hybridized carbons (Fsp3) is 0.222. The van der Waals surface area contributed by atoms with Gasteiger partial charge in [0.2, 0.25) is 0 Å². The second-order valence-electron chi connectivity index (χ2n) is 5.94. The van der Waals surface area contributed by atoms with Crippen molar-refractivity contribution in [1.82, 2.24) is 0 Å². The molecule has 0 saturated carbocycles. The van der Waals surface area contributed by atoms with Gasteiger partial charge >= 0.3 is 0 Å². The fourth-order valence-electron chi connectivity index (χ4n) is 3.94. The molecule has 0 heterocycles. The summed E-state index contributed by atoms with van der Waals surface area (Å²) < 4.78 is 13.8. The van der Waals surface area contributed by atoms with Gasteiger partial charge in [-0.25, -0.2) is 4.39 Å². The van der Waals surface area contributed by atoms with Crippen LogP contribution >= 0.6 is 0 Å². The van der Waals surface area contributed by atoms with Crippen LogP contribution in [0.15, 0.2) is 82.8 Å². The standard InChI is InChI=1S/C18H15F/c1-17-12-4-3-5-13(17)7-9-15-11-16(19)10-14(8-6-12)18(15,17)2/h3-11H,1-2H3. The van der Waals surface area contributed by atoms with Gasteiger partial charge in [0, 0.05) is 10.8 Å². The van der Waals surface area contributed by atoms with Gasteiger partial charge in [-0.3, -0.25) is 0 Å². The van der Waals surface area contributed by atoms with Crippen molar-refractivity contribution in [3.8, 4) is 0 Å². The number of rotatable bonds is 0. The largest absolute Gasteiger partial charge is 0.207 e. The Morgan fingerprint density at radius 1 is 0.737 bits per heavy atom. The molecule has 0 bridgehead atoms. The molecule has 2 atom stereocenters. The maximum Gasteiger partial charge on any atom is 0.123 e. The van der Waals surface area contributed by atoms with Crippen molar-refractivity contribution in [3.63, 3.8) is 0 Å². The van der Waals surface area contributed by atoms with E-state index in [4.69, 9.17) is 0 Å². The molecule has 4 aliphatic carbocycles. The van der Waals surface area contributed by atoms with Gasteiger partial charge in [0.1, 0.15) is 5.83 Å². The summed E-state index contributed by atoms with van der Waals surface area (Å²) in [6.07, 6.45) is 18.2. The lowest BCUT2D eigenvalue weighted by atomic mass is 9.47. The average molecular weight is 250 g/mol. The van der Waals surface area contributed by atoms with Crippen LogP contribution in [0.25, 0.3) is 0 Å². The minimum absolute atomic E-state index is 0.0936. The molecule has 0 aromatic carbocycles. The predicted molar refractivity (Wildman–Crippen MR) is 76.0 cm³/mol. The van der Waals surface area contributed by atoms with Gasteiger partial charge in [0.25, 0.3) is 0 Å². The molecule has 0 aromatic heterocycles. The second kappa shape index (κ2) is 3.16. The zero-order valence-electron chi connectivity index (χ0n) is 11.1. The summed E-state index contributed by atoms with van der Waals surface area (Å²) in [6, 6.07) is 0. The van der Waals surface area contributed by atoms with E-state index in [0.29, 0.717) is 0 Å². The molecule has 0 fully saturated rings. The first-order valence-corrected chi connectivity index (χ1v) is 6.66. The lowest BCUT2D eigenvalue weighted by Gasteiger charge is -2.55. The quantitative estimate of drug-likeness (QED) is 0.583. The van der Waals surface area contributed by atoms with Crippen LogP contribution in [0.4, 0.5) is 4.39 Å². The van der Waals surface area contributed by atoms with Crippen molar-refractivity contribution in [2.45, 2.75) is 13.8 Å². The van der Waals surface area contributed by atoms with E-state index in [-0.39, 0.29) is 16.7 Å². The van der Waals surface area contributed by atoms with Crippen LogP contribution in [0.2, 0.25) is 0 Å². The molecule has 4 rings (SSSR count). The molecule has 2 unspecified atom stereocenters. The van der Waals surface area contributed by atoms with Crippen molar-refractivity contribution in [2.75, 3.05) is 0 Å². The molecule has 0 aromatic rings. The van der Waals surface area contributed by atoms with Gasteiger partial charge in [0.05, 0.1) is 0 Å². The molecule has 0 radical (unpaired) electrons. The number of halogens is 1. The van der Waals surface area contributed by atoms with E-state index in [0.717, 1.165) is 11.1 Å². The minimum Gasteiger partial charge on any atom is -0.207 e. The van der Waals surface area contributed by atoms with Gasteiger partial charge < -0.3 is 0 Å². The van der Waals surface area contributed by atoms with E-state index in [1.54, 1.807) is 12.2 Å². The lowest BCUT2D eigenvalue weighted by Crippen LogP contribution is -2.47. The minimum atomic E-state index is -0.169. The van der Waals surface area contributed by atoms with Crippen molar-refractivity contribution in [3.05, 3.63) is 82.8 Å². The van der Waals surface area contributed by atoms with E-state index in [1.807, 2.05) is 0 Å². The molecule has 4 aliphatic rings. The van der Waals surface area contributed by atoms with E-state index in [2.05, 4.69) is 56.4 Å². The van der Waals surface area contributed by atoms with E-state index < -0.39 is 0 Å². The Morgan fingerprint density at radius 3 is 2.21 bits per heavy atom. The van der Waals surface area contributed by atoms with Gasteiger partial charge in [0.15, 0.2) is 0 Å². The summed E-state index contributed by atoms with van der Waals surface area (Å²) in [5, 5.41) is 0. The van der Waals surface area contributed by atoms with Crippen LogP contribution in [0.3, 0.4) is 0 Å². The molecule has 0 spiro atoms. The Bertz CT molecular complexity index is 706. The molecule has 94 valence electrons. The Hall–Kier alpha value is -1.89. The topological polar surface area (TPSA) is 0 Å². The molecule has 1 heteroatoms. The van der Waals surface area contributed by atoms with Crippen molar-refractivity contribution in [1.29, 1.82) is 0 Å². The molecule has 19 heavy (non-hydrogen) atoms. The SMILES string of the molecule is CC12C3=CC=CC1=CC=C1C=C(F)C=C(C=C3)C12C. The van der Waals surface area contributed by atoms with Crippen LogP contribution in [-0.2, 0) is 0 Å². The highest BCUT2D eigenvalue weighted by atomic mass is 19.1. The Kier molecular flexibility index (Phi) is 1.83. The first kappa shape index (κ1) is 11.0. The van der Waals surface area contributed by atoms with E-state index >= 15 is 0 Å². The van der Waals surface area contributed by atoms with Crippen LogP contribution in [0.5, 0.6) is 0 Å². The highest BCUT2D eigenvalue weighted by Gasteiger charge is 2.55. The van der Waals surface area contributed by atoms with E-state index in [1.165, 1.54) is 11.1 Å². The van der Waals surface area contributed by atoms with Crippen LogP contribution in [0.1, 0.15) is 13.8 Å². The maximum atomic E-state index is 13.8. The maximum absolute atomic E-state index is 13.8. The zero-order valence-corrected chi connectivity index (χ0v) is 11.1. The van der Waals surface area contributed by atoms with Crippen LogP contribution in [-0.4, -0.2) is 0 Å². The normalized spacial score (nSPS) is 37.7. The summed E-state index contributed by atoms with van der Waals surface area (Å²) in [5.41, 5.74) is 4.49. The van der Waals surface area contributed by atoms with Crippen molar-refractivity contribution in [2.24, 2.45) is 10.8 Å². The fourth-order valence-corrected chi connectivity index (χ4v) is 3.94. The summed E-state index contributed by atoms with van der Waals surface area (Å²) in [6.45, 7) is 4.51. The highest BCUT2D eigenvalue weighted by Crippen LogP contribution is 2.64. The number of hydrogen-bond acceptors (Lipinski definition) is 0. The van der Waals surface area contributed by atoms with Crippen LogP contribution in [0, 0.1) is 10.8 Å². The summed E-state index contributed by atoms with van der Waals surface area (Å²) in [5.74, 6) is -0.150. The first-order chi connectivity index (χ1) is 9.06. The van der Waals surface area contributed by atoms with Gasteiger partial charge in [-0.1, -0.05) is 56.4 Å². The molecule has 0 saturated heterocycles. The van der Waals surface area contributed by atoms with Crippen LogP contribution < -0.4 is 0 Å². The average Bonchev–Trinajstić information content (AvgIpc) is 2.37. The third-order valence-corrected chi connectivity index (χ3v) is 5.33. The predicted octanol–water partition coefficient (Wildman–Crippen LogP) is 4.72. The first-order valence-electron chi connectivity index (χ1n) is 6.66. The Labute approximate surface area is 112 Å². The number of hydrogen-bond donors (Lipinski definition) is 0. The molecule has 0 N–H and O–H groups in total. The summed E-state index contributed by atoms with van der Waals surface area (Å²) in [4.78, 5) is 0. The Morgan fingerprint density at radius 2 is 1.37 bits per heavy atom. The third kappa shape index (κ3) is 1.06. The smallest absolute Gasteiger partial charge is 0.123 e. The van der Waals surface area contributed by atoms with Gasteiger partial charge in [-0.05, 0) is 34.4 Å². The lowest BCUT2D eigenvalue weighted by molar-refractivity contribution is 0.247. The van der Waals surface area contributed by atoms with Crippen molar-refractivity contribution >= 4 is 0 Å². The Balaban J connectivity index is 2.14. The monoisotopic (exact) mass is 250 g/mol. The molecule has 0 nitrogen and oxygen atoms in total. The second-order valence-corrected chi connectivity index (χ2v) is 5.94. The molecule has 0 amide bonds. The van der Waals surface area contributed by atoms with Gasteiger partial charge in [-0.2, -0.15) is 0 Å². The highest BCUT2D eigenvalue weighted by molar-refractivity contribution is 5.66. The van der Waals surface area contributed by atoms with Gasteiger partial charge in [-0.15, -0.1) is 0 Å². The molecular weight excluding hydrogens is 235 g/mol. The van der Waals surface area contributed by atoms with Crippen molar-refractivity contribution < 1.29 is 4.39 Å². The molecule has 0 aliphatic heterocycles. The molecular formula is C18H15F. The number of allylic oxidation sites excluding steroid dienone is 14.